The van der Waals surface area contributed by atoms with Crippen LogP contribution >= 0.6 is 0 Å². The predicted molar refractivity (Wildman–Crippen MR) is 113 cm³/mol. The standard InChI is InChI=1S/C24H50/c1-5-9-12-13-14-17-21-23(18-8-4)22-24(19-15-10-6-2)20-16-11-7-3/h23-24H,5-22H2,1-4H3. The molecule has 0 radical (unpaired) electrons. The molecule has 0 heteroatoms. The lowest BCUT2D eigenvalue weighted by Crippen LogP contribution is -2.10. The summed E-state index contributed by atoms with van der Waals surface area (Å²) in [4.78, 5) is 0. The molecule has 0 saturated carbocycles. The fourth-order valence-electron chi connectivity index (χ4n) is 4.22. The van der Waals surface area contributed by atoms with Crippen molar-refractivity contribution in [2.45, 2.75) is 143 Å². The van der Waals surface area contributed by atoms with Gasteiger partial charge in [0.15, 0.2) is 0 Å². The van der Waals surface area contributed by atoms with Crippen LogP contribution in [0.3, 0.4) is 0 Å². The molecule has 0 nitrogen and oxygen atoms in total. The van der Waals surface area contributed by atoms with Gasteiger partial charge >= 0.3 is 0 Å². The van der Waals surface area contributed by atoms with E-state index in [4.69, 9.17) is 0 Å². The molecule has 0 N–H and O–H groups in total. The van der Waals surface area contributed by atoms with Crippen LogP contribution in [0.5, 0.6) is 0 Å². The van der Waals surface area contributed by atoms with Gasteiger partial charge in [0, 0.05) is 0 Å². The zero-order valence-corrected chi connectivity index (χ0v) is 17.9. The summed E-state index contributed by atoms with van der Waals surface area (Å²) in [5.74, 6) is 2.05. The first-order valence-electron chi connectivity index (χ1n) is 11.8. The fourth-order valence-corrected chi connectivity index (χ4v) is 4.22. The van der Waals surface area contributed by atoms with Gasteiger partial charge in [-0.3, -0.25) is 0 Å². The van der Waals surface area contributed by atoms with Gasteiger partial charge in [-0.2, -0.15) is 0 Å². The Morgan fingerprint density at radius 3 is 1.25 bits per heavy atom. The lowest BCUT2D eigenvalue weighted by molar-refractivity contribution is 0.287. The summed E-state index contributed by atoms with van der Waals surface area (Å²) in [6, 6.07) is 0. The van der Waals surface area contributed by atoms with Crippen LogP contribution < -0.4 is 0 Å². The average molecular weight is 339 g/mol. The summed E-state index contributed by atoms with van der Waals surface area (Å²) in [5.41, 5.74) is 0. The SMILES string of the molecule is CCCCCCCCC(CCC)CC(CCCCC)CCCCC. The van der Waals surface area contributed by atoms with Crippen LogP contribution in [0.2, 0.25) is 0 Å². The molecule has 0 bridgehead atoms. The van der Waals surface area contributed by atoms with E-state index in [-0.39, 0.29) is 0 Å². The lowest BCUT2D eigenvalue weighted by atomic mass is 9.82. The van der Waals surface area contributed by atoms with Gasteiger partial charge in [0.05, 0.1) is 0 Å². The van der Waals surface area contributed by atoms with Gasteiger partial charge in [0.25, 0.3) is 0 Å². The molecule has 0 fully saturated rings. The molecule has 146 valence electrons. The summed E-state index contributed by atoms with van der Waals surface area (Å²) >= 11 is 0. The molecule has 0 aliphatic rings. The first kappa shape index (κ1) is 24.0. The van der Waals surface area contributed by atoms with E-state index in [1.165, 1.54) is 116 Å². The van der Waals surface area contributed by atoms with Gasteiger partial charge < -0.3 is 0 Å². The quantitative estimate of drug-likeness (QED) is 0.206. The molecular formula is C24H50. The van der Waals surface area contributed by atoms with Gasteiger partial charge in [0.1, 0.15) is 0 Å². The van der Waals surface area contributed by atoms with Gasteiger partial charge in [-0.25, -0.2) is 0 Å². The molecule has 0 saturated heterocycles. The number of hydrogen-bond acceptors (Lipinski definition) is 0. The Balaban J connectivity index is 4.13. The van der Waals surface area contributed by atoms with Gasteiger partial charge in [-0.05, 0) is 18.3 Å². The average Bonchev–Trinajstić information content (AvgIpc) is 2.58. The van der Waals surface area contributed by atoms with Crippen molar-refractivity contribution in [3.8, 4) is 0 Å². The summed E-state index contributed by atoms with van der Waals surface area (Å²) in [6.07, 6.45) is 26.2. The highest BCUT2D eigenvalue weighted by molar-refractivity contribution is 4.68. The van der Waals surface area contributed by atoms with Crippen LogP contribution in [0.25, 0.3) is 0 Å². The largest absolute Gasteiger partial charge is 0.0654 e. The van der Waals surface area contributed by atoms with Crippen LogP contribution in [-0.4, -0.2) is 0 Å². The van der Waals surface area contributed by atoms with E-state index in [0.717, 1.165) is 11.8 Å². The maximum Gasteiger partial charge on any atom is -0.0412 e. The second-order valence-electron chi connectivity index (χ2n) is 8.30. The molecular weight excluding hydrogens is 288 g/mol. The highest BCUT2D eigenvalue weighted by Gasteiger charge is 2.15. The minimum Gasteiger partial charge on any atom is -0.0654 e. The van der Waals surface area contributed by atoms with E-state index in [2.05, 4.69) is 27.7 Å². The van der Waals surface area contributed by atoms with Crippen LogP contribution in [-0.2, 0) is 0 Å². The van der Waals surface area contributed by atoms with Crippen molar-refractivity contribution < 1.29 is 0 Å². The Bertz CT molecular complexity index is 210. The van der Waals surface area contributed by atoms with E-state index in [1.807, 2.05) is 0 Å². The summed E-state index contributed by atoms with van der Waals surface area (Å²) in [7, 11) is 0. The predicted octanol–water partition coefficient (Wildman–Crippen LogP) is 9.32. The summed E-state index contributed by atoms with van der Waals surface area (Å²) in [5, 5.41) is 0. The molecule has 0 aliphatic heterocycles. The summed E-state index contributed by atoms with van der Waals surface area (Å²) < 4.78 is 0. The number of unbranched alkanes of at least 4 members (excludes halogenated alkanes) is 9. The van der Waals surface area contributed by atoms with E-state index < -0.39 is 0 Å². The highest BCUT2D eigenvalue weighted by atomic mass is 14.2. The van der Waals surface area contributed by atoms with Crippen molar-refractivity contribution in [2.24, 2.45) is 11.8 Å². The molecule has 0 aromatic rings. The van der Waals surface area contributed by atoms with E-state index in [9.17, 15) is 0 Å². The van der Waals surface area contributed by atoms with Crippen molar-refractivity contribution in [3.05, 3.63) is 0 Å². The molecule has 0 amide bonds. The topological polar surface area (TPSA) is 0 Å². The zero-order chi connectivity index (χ0) is 17.9. The third-order valence-corrected chi connectivity index (χ3v) is 5.76. The first-order chi connectivity index (χ1) is 11.8. The second-order valence-corrected chi connectivity index (χ2v) is 8.30. The second kappa shape index (κ2) is 19.3. The van der Waals surface area contributed by atoms with Crippen LogP contribution in [0.15, 0.2) is 0 Å². The molecule has 0 heterocycles. The minimum absolute atomic E-state index is 1.02. The maximum absolute atomic E-state index is 2.39. The van der Waals surface area contributed by atoms with Crippen molar-refractivity contribution in [2.75, 3.05) is 0 Å². The van der Waals surface area contributed by atoms with E-state index in [0.29, 0.717) is 0 Å². The fraction of sp³-hybridized carbons (Fsp3) is 1.00. The summed E-state index contributed by atoms with van der Waals surface area (Å²) in [6.45, 7) is 9.38. The van der Waals surface area contributed by atoms with Crippen LogP contribution in [0.4, 0.5) is 0 Å². The maximum atomic E-state index is 2.39. The normalized spacial score (nSPS) is 12.9. The Morgan fingerprint density at radius 2 is 0.750 bits per heavy atom. The van der Waals surface area contributed by atoms with Gasteiger partial charge in [-0.1, -0.05) is 137 Å². The van der Waals surface area contributed by atoms with Crippen LogP contribution in [0, 0.1) is 11.8 Å². The molecule has 1 unspecified atom stereocenters. The Hall–Kier alpha value is 0. The molecule has 1 atom stereocenters. The smallest absolute Gasteiger partial charge is 0.0412 e. The van der Waals surface area contributed by atoms with Crippen molar-refractivity contribution in [1.29, 1.82) is 0 Å². The van der Waals surface area contributed by atoms with Crippen molar-refractivity contribution >= 4 is 0 Å². The molecule has 0 aromatic carbocycles. The third-order valence-electron chi connectivity index (χ3n) is 5.76. The first-order valence-corrected chi connectivity index (χ1v) is 11.8. The van der Waals surface area contributed by atoms with E-state index >= 15 is 0 Å². The monoisotopic (exact) mass is 338 g/mol. The Labute approximate surface area is 155 Å². The zero-order valence-electron chi connectivity index (χ0n) is 17.9. The van der Waals surface area contributed by atoms with Gasteiger partial charge in [0.2, 0.25) is 0 Å². The molecule has 0 spiro atoms. The minimum atomic E-state index is 1.02. The number of hydrogen-bond donors (Lipinski definition) is 0. The molecule has 0 rings (SSSR count). The molecule has 0 aliphatic carbocycles. The van der Waals surface area contributed by atoms with Crippen molar-refractivity contribution in [1.82, 2.24) is 0 Å². The third kappa shape index (κ3) is 15.5. The van der Waals surface area contributed by atoms with Gasteiger partial charge in [-0.15, -0.1) is 0 Å². The van der Waals surface area contributed by atoms with Crippen molar-refractivity contribution in [3.63, 3.8) is 0 Å². The lowest BCUT2D eigenvalue weighted by Gasteiger charge is -2.24. The number of rotatable bonds is 19. The molecule has 24 heavy (non-hydrogen) atoms. The highest BCUT2D eigenvalue weighted by Crippen LogP contribution is 2.30. The van der Waals surface area contributed by atoms with E-state index in [1.54, 1.807) is 0 Å². The Morgan fingerprint density at radius 1 is 0.375 bits per heavy atom. The Kier molecular flexibility index (Phi) is 19.3. The van der Waals surface area contributed by atoms with Crippen LogP contribution in [0.1, 0.15) is 143 Å². The molecule has 0 aromatic heterocycles.